The number of rotatable bonds is 7. The van der Waals surface area contributed by atoms with Crippen molar-refractivity contribution in [3.05, 3.63) is 46.6 Å². The molecule has 4 N–H and O–H groups in total. The molecule has 1 atom stereocenters. The monoisotopic (exact) mass is 416 g/mol. The second kappa shape index (κ2) is 10.0. The Morgan fingerprint density at radius 3 is 3.07 bits per heavy atom. The number of methoxy groups -OCH3 is 1. The normalized spacial score (nSPS) is 15.7. The number of thiophene rings is 1. The number of nitrogens with two attached hydrogens (primary N) is 1. The van der Waals surface area contributed by atoms with E-state index in [0.717, 1.165) is 16.0 Å². The summed E-state index contributed by atoms with van der Waals surface area (Å²) in [7, 11) is 1.57. The van der Waals surface area contributed by atoms with Gasteiger partial charge in [-0.25, -0.2) is 4.79 Å². The van der Waals surface area contributed by atoms with Crippen LogP contribution in [0.15, 0.2) is 30.6 Å². The highest BCUT2D eigenvalue weighted by Gasteiger charge is 2.27. The number of anilines is 2. The number of fused-ring (bicyclic) bond motifs is 1. The molecule has 0 saturated heterocycles. The van der Waals surface area contributed by atoms with Crippen molar-refractivity contribution in [1.29, 1.82) is 0 Å². The van der Waals surface area contributed by atoms with Crippen molar-refractivity contribution >= 4 is 40.1 Å². The van der Waals surface area contributed by atoms with Gasteiger partial charge in [-0.3, -0.25) is 9.78 Å². The molecule has 0 radical (unpaired) electrons. The fraction of sp³-hybridized carbons (Fsp3) is 0.350. The van der Waals surface area contributed by atoms with Crippen LogP contribution in [0.5, 0.6) is 0 Å². The third kappa shape index (κ3) is 5.78. The van der Waals surface area contributed by atoms with Gasteiger partial charge in [0.25, 0.3) is 0 Å². The van der Waals surface area contributed by atoms with Crippen LogP contribution >= 0.6 is 11.3 Å². The lowest BCUT2D eigenvalue weighted by Crippen LogP contribution is -2.33. The Morgan fingerprint density at radius 1 is 1.45 bits per heavy atom. The molecule has 2 aromatic heterocycles. The van der Waals surface area contributed by atoms with Crippen LogP contribution in [0.4, 0.5) is 15.5 Å². The molecule has 1 aliphatic rings. The van der Waals surface area contributed by atoms with Gasteiger partial charge in [-0.05, 0) is 36.1 Å². The van der Waals surface area contributed by atoms with Crippen molar-refractivity contribution in [2.75, 3.05) is 31.3 Å². The molecule has 0 saturated carbocycles. The minimum absolute atomic E-state index is 0.211. The molecule has 2 heterocycles. The van der Waals surface area contributed by atoms with Gasteiger partial charge in [0.1, 0.15) is 11.1 Å². The first-order valence-electron chi connectivity index (χ1n) is 9.29. The van der Waals surface area contributed by atoms with E-state index in [1.807, 2.05) is 6.07 Å². The lowest BCUT2D eigenvalue weighted by molar-refractivity contribution is -0.111. The van der Waals surface area contributed by atoms with Crippen molar-refractivity contribution < 1.29 is 19.1 Å². The summed E-state index contributed by atoms with van der Waals surface area (Å²) in [5.41, 5.74) is 8.70. The molecule has 154 valence electrons. The molecule has 1 aliphatic carbocycles. The third-order valence-corrected chi connectivity index (χ3v) is 5.64. The molecule has 0 fully saturated rings. The maximum atomic E-state index is 12.2. The van der Waals surface area contributed by atoms with Crippen molar-refractivity contribution in [2.45, 2.75) is 25.4 Å². The smallest absolute Gasteiger partial charge is 0.407 e. The molecule has 1 unspecified atom stereocenters. The van der Waals surface area contributed by atoms with E-state index in [-0.39, 0.29) is 12.0 Å². The van der Waals surface area contributed by atoms with Gasteiger partial charge in [0.2, 0.25) is 5.91 Å². The number of hydrogen-bond acceptors (Lipinski definition) is 7. The number of aromatic nitrogens is 1. The summed E-state index contributed by atoms with van der Waals surface area (Å²) in [6, 6.07) is 3.67. The number of nitrogens with zero attached hydrogens (tertiary/aromatic N) is 1. The molecular weight excluding hydrogens is 392 g/mol. The van der Waals surface area contributed by atoms with Crippen LogP contribution in [0, 0.1) is 0 Å². The highest BCUT2D eigenvalue weighted by molar-refractivity contribution is 7.17. The average Bonchev–Trinajstić information content (AvgIpc) is 3.02. The zero-order chi connectivity index (χ0) is 20.6. The summed E-state index contributed by atoms with van der Waals surface area (Å²) in [6.45, 7) is 0.839. The van der Waals surface area contributed by atoms with Crippen LogP contribution in [0.2, 0.25) is 0 Å². The summed E-state index contributed by atoms with van der Waals surface area (Å²) in [5, 5.41) is 6.12. The van der Waals surface area contributed by atoms with Crippen molar-refractivity contribution in [2.24, 2.45) is 0 Å². The van der Waals surface area contributed by atoms with E-state index in [1.54, 1.807) is 31.6 Å². The first-order chi connectivity index (χ1) is 14.1. The fourth-order valence-corrected chi connectivity index (χ4v) is 4.26. The van der Waals surface area contributed by atoms with Crippen molar-refractivity contribution in [1.82, 2.24) is 10.3 Å². The van der Waals surface area contributed by atoms with E-state index in [2.05, 4.69) is 15.6 Å². The zero-order valence-corrected chi connectivity index (χ0v) is 17.0. The van der Waals surface area contributed by atoms with Gasteiger partial charge in [0.05, 0.1) is 12.3 Å². The number of alkyl carbamates (subject to hydrolysis) is 1. The molecule has 9 heteroatoms. The molecule has 29 heavy (non-hydrogen) atoms. The number of carbonyl (C=O) groups excluding carboxylic acids is 2. The number of hydrogen-bond donors (Lipinski definition) is 3. The SMILES string of the molecule is COCCNC(=O)OC1CCc2c(sc(NC(=O)/C=C/c3cccnc3)c2N)C1. The number of nitrogens with one attached hydrogen (secondary N) is 2. The van der Waals surface area contributed by atoms with Gasteiger partial charge < -0.3 is 25.8 Å². The van der Waals surface area contributed by atoms with Gasteiger partial charge >= 0.3 is 6.09 Å². The van der Waals surface area contributed by atoms with Crippen LogP contribution in [-0.2, 0) is 27.1 Å². The van der Waals surface area contributed by atoms with Crippen LogP contribution in [0.25, 0.3) is 6.08 Å². The predicted octanol–water partition coefficient (Wildman–Crippen LogP) is 2.61. The summed E-state index contributed by atoms with van der Waals surface area (Å²) in [5.74, 6) is -0.260. The Kier molecular flexibility index (Phi) is 7.20. The highest BCUT2D eigenvalue weighted by Crippen LogP contribution is 2.40. The minimum Gasteiger partial charge on any atom is -0.446 e. The van der Waals surface area contributed by atoms with Gasteiger partial charge in [0, 0.05) is 43.4 Å². The largest absolute Gasteiger partial charge is 0.446 e. The van der Waals surface area contributed by atoms with Gasteiger partial charge in [0.15, 0.2) is 0 Å². The molecule has 0 aliphatic heterocycles. The van der Waals surface area contributed by atoms with E-state index in [4.69, 9.17) is 15.2 Å². The number of ether oxygens (including phenoxy) is 2. The Bertz CT molecular complexity index is 882. The van der Waals surface area contributed by atoms with E-state index < -0.39 is 6.09 Å². The topological polar surface area (TPSA) is 116 Å². The molecule has 2 amide bonds. The van der Waals surface area contributed by atoms with Gasteiger partial charge in [-0.15, -0.1) is 11.3 Å². The zero-order valence-electron chi connectivity index (χ0n) is 16.1. The summed E-state index contributed by atoms with van der Waals surface area (Å²) >= 11 is 1.43. The van der Waals surface area contributed by atoms with E-state index in [0.29, 0.717) is 43.1 Å². The van der Waals surface area contributed by atoms with Crippen LogP contribution < -0.4 is 16.4 Å². The molecule has 8 nitrogen and oxygen atoms in total. The van der Waals surface area contributed by atoms with Gasteiger partial charge in [-0.1, -0.05) is 6.07 Å². The number of pyridine rings is 1. The lowest BCUT2D eigenvalue weighted by atomic mass is 9.95. The molecule has 0 bridgehead atoms. The van der Waals surface area contributed by atoms with E-state index in [9.17, 15) is 9.59 Å². The van der Waals surface area contributed by atoms with Gasteiger partial charge in [-0.2, -0.15) is 0 Å². The Morgan fingerprint density at radius 2 is 2.31 bits per heavy atom. The predicted molar refractivity (Wildman–Crippen MR) is 113 cm³/mol. The molecule has 3 rings (SSSR count). The molecule has 0 spiro atoms. The Balaban J connectivity index is 1.57. The summed E-state index contributed by atoms with van der Waals surface area (Å²) in [6.07, 6.45) is 7.82. The fourth-order valence-electron chi connectivity index (χ4n) is 3.02. The quantitative estimate of drug-likeness (QED) is 0.472. The van der Waals surface area contributed by atoms with Crippen molar-refractivity contribution in [3.8, 4) is 0 Å². The molecular formula is C20H24N4O4S. The van der Waals surface area contributed by atoms with Crippen LogP contribution in [-0.4, -0.2) is 43.3 Å². The van der Waals surface area contributed by atoms with E-state index >= 15 is 0 Å². The minimum atomic E-state index is -0.450. The second-order valence-corrected chi connectivity index (χ2v) is 7.65. The lowest BCUT2D eigenvalue weighted by Gasteiger charge is -2.22. The maximum Gasteiger partial charge on any atom is 0.407 e. The third-order valence-electron chi connectivity index (χ3n) is 4.46. The highest BCUT2D eigenvalue weighted by atomic mass is 32.1. The maximum absolute atomic E-state index is 12.2. The average molecular weight is 417 g/mol. The van der Waals surface area contributed by atoms with E-state index in [1.165, 1.54) is 17.4 Å². The summed E-state index contributed by atoms with van der Waals surface area (Å²) < 4.78 is 10.4. The molecule has 0 aromatic carbocycles. The second-order valence-electron chi connectivity index (χ2n) is 6.55. The molecule has 2 aromatic rings. The number of amides is 2. The summed E-state index contributed by atoms with van der Waals surface area (Å²) in [4.78, 5) is 29.1. The number of carbonyl (C=O) groups is 2. The van der Waals surface area contributed by atoms with Crippen molar-refractivity contribution in [3.63, 3.8) is 0 Å². The standard InChI is InChI=1S/C20H24N4O4S/c1-27-10-9-23-20(26)28-14-5-6-15-16(11-14)29-19(18(15)21)24-17(25)7-4-13-3-2-8-22-12-13/h2-4,7-8,12,14H,5-6,9-11,21H2,1H3,(H,23,26)(H,24,25)/b7-4+. The Hall–Kier alpha value is -2.91. The first kappa shape index (κ1) is 20.8. The van der Waals surface area contributed by atoms with Crippen LogP contribution in [0.1, 0.15) is 22.4 Å². The number of nitrogen functional groups attached to an aromatic ring is 1. The Labute approximate surface area is 173 Å². The van der Waals surface area contributed by atoms with Crippen LogP contribution in [0.3, 0.4) is 0 Å². The first-order valence-corrected chi connectivity index (χ1v) is 10.1.